The van der Waals surface area contributed by atoms with E-state index in [-0.39, 0.29) is 11.5 Å². The summed E-state index contributed by atoms with van der Waals surface area (Å²) >= 11 is 3.44. The first-order valence-corrected chi connectivity index (χ1v) is 7.66. The van der Waals surface area contributed by atoms with Crippen molar-refractivity contribution in [2.45, 2.75) is 12.8 Å². The number of H-pyrrole nitrogens is 1. The van der Waals surface area contributed by atoms with Crippen molar-refractivity contribution in [2.24, 2.45) is 0 Å². The number of carbonyl (C=O) groups excluding carboxylic acids is 1. The highest BCUT2D eigenvalue weighted by Crippen LogP contribution is 2.25. The monoisotopic (exact) mass is 343 g/mol. The van der Waals surface area contributed by atoms with Gasteiger partial charge in [0, 0.05) is 40.2 Å². The van der Waals surface area contributed by atoms with E-state index in [1.165, 1.54) is 0 Å². The van der Waals surface area contributed by atoms with Crippen molar-refractivity contribution in [3.63, 3.8) is 0 Å². The molecule has 2 aromatic rings. The second-order valence-electron chi connectivity index (χ2n) is 5.10. The van der Waals surface area contributed by atoms with Gasteiger partial charge in [0.15, 0.2) is 0 Å². The molecule has 2 heterocycles. The van der Waals surface area contributed by atoms with E-state index in [1.807, 2.05) is 30.5 Å². The molecule has 0 unspecified atom stereocenters. The number of aromatic nitrogens is 1. The molecule has 0 atom stereocenters. The number of amides is 1. The maximum atomic E-state index is 12.3. The summed E-state index contributed by atoms with van der Waals surface area (Å²) in [7, 11) is 0. The van der Waals surface area contributed by atoms with Crippen LogP contribution in [0.15, 0.2) is 34.4 Å². The molecule has 0 radical (unpaired) electrons. The van der Waals surface area contributed by atoms with Crippen molar-refractivity contribution in [1.29, 1.82) is 5.26 Å². The van der Waals surface area contributed by atoms with Crippen LogP contribution in [0.2, 0.25) is 0 Å². The Kier molecular flexibility index (Phi) is 3.80. The number of rotatable bonds is 2. The number of hydrogen-bond donors (Lipinski definition) is 1. The van der Waals surface area contributed by atoms with Crippen LogP contribution in [0.5, 0.6) is 0 Å². The quantitative estimate of drug-likeness (QED) is 0.670. The smallest absolute Gasteiger partial charge is 0.264 e. The van der Waals surface area contributed by atoms with Gasteiger partial charge in [-0.25, -0.2) is 0 Å². The molecule has 4 nitrogen and oxygen atoms in total. The molecule has 0 saturated carbocycles. The summed E-state index contributed by atoms with van der Waals surface area (Å²) < 4.78 is 0.966. The summed E-state index contributed by atoms with van der Waals surface area (Å²) in [4.78, 5) is 17.2. The van der Waals surface area contributed by atoms with Crippen LogP contribution in [-0.4, -0.2) is 28.9 Å². The Morgan fingerprint density at radius 1 is 1.38 bits per heavy atom. The number of halogens is 1. The second kappa shape index (κ2) is 5.74. The molecule has 0 spiro atoms. The van der Waals surface area contributed by atoms with Gasteiger partial charge < -0.3 is 9.88 Å². The molecule has 1 aromatic carbocycles. The third kappa shape index (κ3) is 2.72. The van der Waals surface area contributed by atoms with Crippen LogP contribution in [0.4, 0.5) is 0 Å². The number of carbonyl (C=O) groups is 1. The number of likely N-dealkylation sites (tertiary alicyclic amines) is 1. The third-order valence-electron chi connectivity index (χ3n) is 3.72. The molecule has 1 aromatic heterocycles. The average molecular weight is 344 g/mol. The summed E-state index contributed by atoms with van der Waals surface area (Å²) in [6.07, 6.45) is 5.53. The first-order valence-electron chi connectivity index (χ1n) is 6.87. The van der Waals surface area contributed by atoms with Gasteiger partial charge in [-0.05, 0) is 37.1 Å². The maximum Gasteiger partial charge on any atom is 0.264 e. The summed E-state index contributed by atoms with van der Waals surface area (Å²) in [5.41, 5.74) is 2.03. The van der Waals surface area contributed by atoms with Crippen LogP contribution < -0.4 is 0 Å². The predicted octanol–water partition coefficient (Wildman–Crippen LogP) is 3.46. The van der Waals surface area contributed by atoms with Crippen molar-refractivity contribution in [1.82, 2.24) is 9.88 Å². The lowest BCUT2D eigenvalue weighted by Crippen LogP contribution is -2.28. The number of benzene rings is 1. The zero-order valence-electron chi connectivity index (χ0n) is 11.4. The zero-order chi connectivity index (χ0) is 14.8. The minimum Gasteiger partial charge on any atom is -0.361 e. The molecule has 1 aliphatic heterocycles. The van der Waals surface area contributed by atoms with Crippen molar-refractivity contribution in [2.75, 3.05) is 13.1 Å². The van der Waals surface area contributed by atoms with Gasteiger partial charge in [0.1, 0.15) is 11.6 Å². The maximum absolute atomic E-state index is 12.3. The topological polar surface area (TPSA) is 59.9 Å². The van der Waals surface area contributed by atoms with Crippen molar-refractivity contribution in [3.05, 3.63) is 40.0 Å². The summed E-state index contributed by atoms with van der Waals surface area (Å²) in [6.45, 7) is 1.49. The number of nitrogens with zero attached hydrogens (tertiary/aromatic N) is 2. The molecule has 1 fully saturated rings. The molecule has 5 heteroatoms. The van der Waals surface area contributed by atoms with Gasteiger partial charge >= 0.3 is 0 Å². The summed E-state index contributed by atoms with van der Waals surface area (Å²) in [5, 5.41) is 10.3. The number of nitrogens with one attached hydrogen (secondary N) is 1. The molecule has 1 amide bonds. The number of aromatic amines is 1. The first-order chi connectivity index (χ1) is 10.2. The Balaban J connectivity index is 1.99. The lowest BCUT2D eigenvalue weighted by atomic mass is 10.1. The highest BCUT2D eigenvalue weighted by atomic mass is 79.9. The lowest BCUT2D eigenvalue weighted by molar-refractivity contribution is -0.125. The van der Waals surface area contributed by atoms with Gasteiger partial charge in [0.25, 0.3) is 5.91 Å². The number of fused-ring (bicyclic) bond motifs is 1. The zero-order valence-corrected chi connectivity index (χ0v) is 13.0. The molecule has 3 rings (SSSR count). The van der Waals surface area contributed by atoms with Gasteiger partial charge in [-0.3, -0.25) is 4.79 Å². The molecule has 1 N–H and O–H groups in total. The van der Waals surface area contributed by atoms with Gasteiger partial charge in [-0.15, -0.1) is 0 Å². The summed E-state index contributed by atoms with van der Waals surface area (Å²) in [5.74, 6) is -0.167. The van der Waals surface area contributed by atoms with Crippen LogP contribution >= 0.6 is 15.9 Å². The molecule has 1 saturated heterocycles. The second-order valence-corrected chi connectivity index (χ2v) is 6.02. The largest absolute Gasteiger partial charge is 0.361 e. The fourth-order valence-corrected chi connectivity index (χ4v) is 2.98. The van der Waals surface area contributed by atoms with E-state index in [2.05, 4.69) is 20.9 Å². The Hall–Kier alpha value is -2.06. The van der Waals surface area contributed by atoms with Gasteiger partial charge in [-0.1, -0.05) is 15.9 Å². The minimum atomic E-state index is -0.167. The molecular formula is C16H14BrN3O. The van der Waals surface area contributed by atoms with E-state index in [4.69, 9.17) is 0 Å². The lowest BCUT2D eigenvalue weighted by Gasteiger charge is -2.13. The SMILES string of the molecule is N#C/C(=C\c1c[nH]c2ccc(Br)cc12)C(=O)N1CCCC1. The standard InChI is InChI=1S/C16H14BrN3O/c17-13-3-4-15-14(8-13)12(10-19-15)7-11(9-18)16(21)20-5-1-2-6-20/h3-4,7-8,10,19H,1-2,5-6H2/b11-7+. The van der Waals surface area contributed by atoms with Crippen molar-refractivity contribution >= 4 is 38.8 Å². The molecule has 106 valence electrons. The minimum absolute atomic E-state index is 0.167. The van der Waals surface area contributed by atoms with Crippen LogP contribution in [0.1, 0.15) is 18.4 Å². The Morgan fingerprint density at radius 3 is 2.86 bits per heavy atom. The van der Waals surface area contributed by atoms with Crippen molar-refractivity contribution in [3.8, 4) is 6.07 Å². The van der Waals surface area contributed by atoms with Gasteiger partial charge in [0.05, 0.1) is 0 Å². The van der Waals surface area contributed by atoms with Crippen LogP contribution in [-0.2, 0) is 4.79 Å². The molecule has 0 bridgehead atoms. The number of nitriles is 1. The first kappa shape index (κ1) is 13.9. The number of hydrogen-bond acceptors (Lipinski definition) is 2. The van der Waals surface area contributed by atoms with E-state index < -0.39 is 0 Å². The van der Waals surface area contributed by atoms with Crippen LogP contribution in [0.3, 0.4) is 0 Å². The van der Waals surface area contributed by atoms with E-state index in [9.17, 15) is 10.1 Å². The Labute approximate surface area is 131 Å². The predicted molar refractivity (Wildman–Crippen MR) is 85.4 cm³/mol. The van der Waals surface area contributed by atoms with Crippen LogP contribution in [0, 0.1) is 11.3 Å². The van der Waals surface area contributed by atoms with E-state index in [0.717, 1.165) is 46.9 Å². The third-order valence-corrected chi connectivity index (χ3v) is 4.21. The summed E-state index contributed by atoms with van der Waals surface area (Å²) in [6, 6.07) is 7.93. The van der Waals surface area contributed by atoms with Gasteiger partial charge in [-0.2, -0.15) is 5.26 Å². The highest BCUT2D eigenvalue weighted by molar-refractivity contribution is 9.10. The Bertz CT molecular complexity index is 763. The van der Waals surface area contributed by atoms with E-state index >= 15 is 0 Å². The average Bonchev–Trinajstić information content (AvgIpc) is 3.14. The Morgan fingerprint density at radius 2 is 2.14 bits per heavy atom. The fourth-order valence-electron chi connectivity index (χ4n) is 2.62. The van der Waals surface area contributed by atoms with Crippen LogP contribution in [0.25, 0.3) is 17.0 Å². The molecule has 1 aliphatic rings. The van der Waals surface area contributed by atoms with Crippen molar-refractivity contribution < 1.29 is 4.79 Å². The molecule has 21 heavy (non-hydrogen) atoms. The molecule has 0 aliphatic carbocycles. The molecular weight excluding hydrogens is 330 g/mol. The highest BCUT2D eigenvalue weighted by Gasteiger charge is 2.21. The van der Waals surface area contributed by atoms with E-state index in [1.54, 1.807) is 11.0 Å². The normalized spacial score (nSPS) is 15.4. The fraction of sp³-hybridized carbons (Fsp3) is 0.250. The van der Waals surface area contributed by atoms with Gasteiger partial charge in [0.2, 0.25) is 0 Å². The van der Waals surface area contributed by atoms with E-state index in [0.29, 0.717) is 0 Å².